The van der Waals surface area contributed by atoms with Crippen LogP contribution in [-0.4, -0.2) is 6.16 Å². The highest BCUT2D eigenvalue weighted by Crippen LogP contribution is 2.55. The van der Waals surface area contributed by atoms with E-state index in [1.807, 2.05) is 0 Å². The second-order valence-corrected chi connectivity index (χ2v) is 10.6. The van der Waals surface area contributed by atoms with Gasteiger partial charge >= 0.3 is 0 Å². The Morgan fingerprint density at radius 1 is 0.607 bits per heavy atom. The molecule has 0 amide bonds. The van der Waals surface area contributed by atoms with E-state index in [1.165, 1.54) is 34.9 Å². The average molecular weight is 419 g/mol. The molecule has 0 aliphatic rings. The van der Waals surface area contributed by atoms with Crippen LogP contribution in [0.4, 0.5) is 0 Å². The smallest absolute Gasteiger partial charge is 0.112 e. The fraction of sp³-hybridized carbons (Fsp3) is 0.182. The van der Waals surface area contributed by atoms with Crippen LogP contribution in [0.15, 0.2) is 91.0 Å². The number of hydrogen-bond acceptors (Lipinski definition) is 4. The van der Waals surface area contributed by atoms with Crippen LogP contribution in [0.2, 0.25) is 0 Å². The molecule has 0 saturated carbocycles. The molecule has 0 bridgehead atoms. The molecule has 4 nitrogen and oxygen atoms in total. The molecule has 0 saturated heterocycles. The Morgan fingerprint density at radius 2 is 0.893 bits per heavy atom. The van der Waals surface area contributed by atoms with E-state index in [0.29, 0.717) is 0 Å². The van der Waals surface area contributed by atoms with Crippen molar-refractivity contribution in [2.45, 2.75) is 19.8 Å². The third kappa shape index (κ3) is 6.39. The summed E-state index contributed by atoms with van der Waals surface area (Å²) >= 11 is 0. The van der Waals surface area contributed by atoms with Gasteiger partial charge in [-0.15, -0.1) is 10.2 Å². The molecule has 3 aromatic rings. The van der Waals surface area contributed by atoms with Gasteiger partial charge in [0.25, 0.3) is 0 Å². The summed E-state index contributed by atoms with van der Waals surface area (Å²) in [5.74, 6) is 0. The SMILES string of the molecule is CCCC[P+](c1ccccc1)(c1ccccc1)c1ccccc1.[O-][Cl+3]([O-])([O-])[O-]. The number of benzene rings is 3. The summed E-state index contributed by atoms with van der Waals surface area (Å²) in [4.78, 5) is 0. The van der Waals surface area contributed by atoms with Crippen LogP contribution in [0.3, 0.4) is 0 Å². The molecule has 0 aliphatic heterocycles. The van der Waals surface area contributed by atoms with Gasteiger partial charge in [-0.3, -0.25) is 0 Å². The monoisotopic (exact) mass is 418 g/mol. The van der Waals surface area contributed by atoms with Crippen molar-refractivity contribution in [3.63, 3.8) is 0 Å². The van der Waals surface area contributed by atoms with Crippen molar-refractivity contribution in [1.82, 2.24) is 0 Å². The quantitative estimate of drug-likeness (QED) is 0.528. The van der Waals surface area contributed by atoms with E-state index in [9.17, 15) is 0 Å². The van der Waals surface area contributed by atoms with Crippen molar-refractivity contribution < 1.29 is 28.9 Å². The van der Waals surface area contributed by atoms with Gasteiger partial charge in [-0.2, -0.15) is 0 Å². The van der Waals surface area contributed by atoms with E-state index in [1.54, 1.807) is 0 Å². The van der Waals surface area contributed by atoms with Crippen LogP contribution in [0.1, 0.15) is 19.8 Å². The van der Waals surface area contributed by atoms with E-state index in [4.69, 9.17) is 18.6 Å². The molecular weight excluding hydrogens is 395 g/mol. The van der Waals surface area contributed by atoms with Crippen LogP contribution >= 0.6 is 7.26 Å². The Kier molecular flexibility index (Phi) is 8.58. The van der Waals surface area contributed by atoms with Crippen LogP contribution in [0.5, 0.6) is 0 Å². The molecule has 0 atom stereocenters. The maximum Gasteiger partial charge on any atom is 0.112 e. The summed E-state index contributed by atoms with van der Waals surface area (Å²) in [7, 11) is -6.51. The Labute approximate surface area is 169 Å². The lowest BCUT2D eigenvalue weighted by Gasteiger charge is -2.27. The van der Waals surface area contributed by atoms with E-state index in [0.717, 1.165) is 0 Å². The summed E-state index contributed by atoms with van der Waals surface area (Å²) in [6.07, 6.45) is 3.72. The summed E-state index contributed by atoms with van der Waals surface area (Å²) < 4.78 is 34.0. The standard InChI is InChI=1S/C22H24P.ClHO4/c1-2-3-19-23(20-13-7-4-8-14-20,21-15-9-5-10-16-21)22-17-11-6-12-18-22;2-1(3,4)5/h4-18H,2-3,19H2,1H3;(H,2,3,4,5)/q+1;/p-1. The second kappa shape index (κ2) is 10.7. The van der Waals surface area contributed by atoms with Crippen LogP contribution in [-0.2, 0) is 0 Å². The van der Waals surface area contributed by atoms with Crippen LogP contribution < -0.4 is 34.5 Å². The summed E-state index contributed by atoms with van der Waals surface area (Å²) in [5.41, 5.74) is 0. The summed E-state index contributed by atoms with van der Waals surface area (Å²) in [6, 6.07) is 33.4. The maximum absolute atomic E-state index is 8.49. The van der Waals surface area contributed by atoms with Gasteiger partial charge in [-0.25, -0.2) is 18.6 Å². The maximum atomic E-state index is 8.49. The molecule has 0 N–H and O–H groups in total. The Balaban J connectivity index is 0.000000500. The van der Waals surface area contributed by atoms with E-state index >= 15 is 0 Å². The molecule has 0 spiro atoms. The van der Waals surface area contributed by atoms with E-state index in [-0.39, 0.29) is 0 Å². The van der Waals surface area contributed by atoms with Crippen molar-refractivity contribution >= 4 is 23.2 Å². The minimum absolute atomic E-state index is 1.23. The first-order chi connectivity index (χ1) is 13.4. The van der Waals surface area contributed by atoms with Crippen molar-refractivity contribution in [3.05, 3.63) is 91.0 Å². The van der Waals surface area contributed by atoms with Gasteiger partial charge in [-0.05, 0) is 42.8 Å². The molecular formula is C22H24ClO4P. The highest BCUT2D eigenvalue weighted by atomic mass is 35.7. The molecule has 0 aromatic heterocycles. The van der Waals surface area contributed by atoms with Gasteiger partial charge < -0.3 is 0 Å². The fourth-order valence-electron chi connectivity index (χ4n) is 3.28. The first kappa shape index (κ1) is 22.5. The minimum atomic E-state index is -4.94. The van der Waals surface area contributed by atoms with Gasteiger partial charge in [-0.1, -0.05) is 67.9 Å². The first-order valence-electron chi connectivity index (χ1n) is 9.04. The van der Waals surface area contributed by atoms with Crippen molar-refractivity contribution in [2.24, 2.45) is 0 Å². The Morgan fingerprint density at radius 3 is 1.14 bits per heavy atom. The third-order valence-corrected chi connectivity index (χ3v) is 8.96. The fourth-order valence-corrected chi connectivity index (χ4v) is 7.78. The summed E-state index contributed by atoms with van der Waals surface area (Å²) in [6.45, 7) is 2.29. The molecule has 148 valence electrons. The van der Waals surface area contributed by atoms with Gasteiger partial charge in [0.2, 0.25) is 0 Å². The van der Waals surface area contributed by atoms with Crippen molar-refractivity contribution in [3.8, 4) is 0 Å². The average Bonchev–Trinajstić information content (AvgIpc) is 2.70. The van der Waals surface area contributed by atoms with E-state index in [2.05, 4.69) is 97.9 Å². The van der Waals surface area contributed by atoms with Crippen molar-refractivity contribution in [1.29, 1.82) is 0 Å². The van der Waals surface area contributed by atoms with E-state index < -0.39 is 17.5 Å². The number of unbranched alkanes of at least 4 members (excludes halogenated alkanes) is 1. The lowest BCUT2D eigenvalue weighted by atomic mass is 10.3. The normalized spacial score (nSPS) is 11.5. The zero-order valence-corrected chi connectivity index (χ0v) is 17.4. The molecule has 3 rings (SSSR count). The zero-order valence-electron chi connectivity index (χ0n) is 15.7. The lowest BCUT2D eigenvalue weighted by Crippen LogP contribution is -2.68. The zero-order chi connectivity index (χ0) is 20.5. The topological polar surface area (TPSA) is 92.2 Å². The molecule has 0 aliphatic carbocycles. The lowest BCUT2D eigenvalue weighted by molar-refractivity contribution is -2.00. The first-order valence-corrected chi connectivity index (χ1v) is 12.3. The highest BCUT2D eigenvalue weighted by Gasteiger charge is 2.44. The number of hydrogen-bond donors (Lipinski definition) is 0. The molecule has 6 heteroatoms. The number of rotatable bonds is 6. The van der Waals surface area contributed by atoms with Gasteiger partial charge in [0.1, 0.15) is 23.2 Å². The predicted molar refractivity (Wildman–Crippen MR) is 105 cm³/mol. The van der Waals surface area contributed by atoms with Gasteiger partial charge in [0.05, 0.1) is 6.16 Å². The van der Waals surface area contributed by atoms with Crippen LogP contribution in [0.25, 0.3) is 0 Å². The number of halogens is 1. The highest BCUT2D eigenvalue weighted by molar-refractivity contribution is 7.95. The molecule has 0 fully saturated rings. The molecule has 0 heterocycles. The Bertz CT molecular complexity index is 706. The van der Waals surface area contributed by atoms with Gasteiger partial charge in [0, 0.05) is 0 Å². The van der Waals surface area contributed by atoms with Crippen LogP contribution in [0, 0.1) is 10.2 Å². The second-order valence-electron chi connectivity index (χ2n) is 6.27. The molecule has 0 unspecified atom stereocenters. The third-order valence-electron chi connectivity index (χ3n) is 4.44. The van der Waals surface area contributed by atoms with Gasteiger partial charge in [0.15, 0.2) is 0 Å². The predicted octanol–water partition coefficient (Wildman–Crippen LogP) is 0.0246. The molecule has 28 heavy (non-hydrogen) atoms. The minimum Gasteiger partial charge on any atom is -0.222 e. The summed E-state index contributed by atoms with van der Waals surface area (Å²) in [5, 5.41) is 4.47. The molecule has 3 aromatic carbocycles. The Hall–Kier alpha value is -1.78. The molecule has 0 radical (unpaired) electrons. The largest absolute Gasteiger partial charge is 0.222 e. The van der Waals surface area contributed by atoms with Crippen molar-refractivity contribution in [2.75, 3.05) is 6.16 Å².